The van der Waals surface area contributed by atoms with Crippen LogP contribution >= 0.6 is 0 Å². The van der Waals surface area contributed by atoms with Gasteiger partial charge in [0.05, 0.1) is 18.3 Å². The Morgan fingerprint density at radius 1 is 1.00 bits per heavy atom. The van der Waals surface area contributed by atoms with Crippen molar-refractivity contribution in [3.8, 4) is 0 Å². The van der Waals surface area contributed by atoms with Crippen molar-refractivity contribution < 1.29 is 9.90 Å². The number of hydrogen-bond acceptors (Lipinski definition) is 3. The Kier molecular flexibility index (Phi) is 5.35. The molecule has 0 saturated heterocycles. The second-order valence-electron chi connectivity index (χ2n) is 6.82. The van der Waals surface area contributed by atoms with Gasteiger partial charge in [0.25, 0.3) is 5.91 Å². The highest BCUT2D eigenvalue weighted by molar-refractivity contribution is 6.09. The van der Waals surface area contributed by atoms with E-state index in [1.165, 1.54) is 5.56 Å². The molecule has 0 spiro atoms. The molecule has 5 heteroatoms. The Labute approximate surface area is 163 Å². The van der Waals surface area contributed by atoms with Crippen LogP contribution in [-0.4, -0.2) is 33.7 Å². The molecule has 2 N–H and O–H groups in total. The van der Waals surface area contributed by atoms with Crippen molar-refractivity contribution >= 4 is 27.7 Å². The monoisotopic (exact) mass is 373 g/mol. The van der Waals surface area contributed by atoms with E-state index in [9.17, 15) is 4.79 Å². The Bertz CT molecular complexity index is 1100. The summed E-state index contributed by atoms with van der Waals surface area (Å²) in [4.78, 5) is 16.6. The molecule has 0 aliphatic carbocycles. The summed E-state index contributed by atoms with van der Waals surface area (Å²) in [6.45, 7) is 1.02. The van der Waals surface area contributed by atoms with Crippen LogP contribution in [0.4, 0.5) is 0 Å². The van der Waals surface area contributed by atoms with Crippen molar-refractivity contribution in [2.45, 2.75) is 19.4 Å². The molecule has 2 heterocycles. The molecule has 2 aromatic carbocycles. The molecule has 0 atom stereocenters. The number of aliphatic hydroxyl groups is 1. The molecule has 28 heavy (non-hydrogen) atoms. The van der Waals surface area contributed by atoms with Gasteiger partial charge in [-0.1, -0.05) is 48.5 Å². The van der Waals surface area contributed by atoms with Gasteiger partial charge in [0.15, 0.2) is 0 Å². The molecule has 4 rings (SSSR count). The number of carbonyl (C=O) groups is 1. The summed E-state index contributed by atoms with van der Waals surface area (Å²) in [5.41, 5.74) is 3.89. The molecular formula is C23H23N3O2. The number of benzene rings is 2. The predicted molar refractivity (Wildman–Crippen MR) is 111 cm³/mol. The lowest BCUT2D eigenvalue weighted by Crippen LogP contribution is -2.27. The summed E-state index contributed by atoms with van der Waals surface area (Å²) in [6.07, 6.45) is 3.83. The van der Waals surface area contributed by atoms with E-state index in [2.05, 4.69) is 51.3 Å². The summed E-state index contributed by atoms with van der Waals surface area (Å²) in [5, 5.41) is 13.7. The lowest BCUT2D eigenvalue weighted by molar-refractivity contribution is 0.0940. The Hall–Kier alpha value is -3.18. The van der Waals surface area contributed by atoms with Crippen LogP contribution in [0.25, 0.3) is 21.8 Å². The Morgan fingerprint density at radius 2 is 1.79 bits per heavy atom. The fourth-order valence-corrected chi connectivity index (χ4v) is 3.66. The molecule has 4 aromatic rings. The van der Waals surface area contributed by atoms with Crippen LogP contribution in [0.1, 0.15) is 22.5 Å². The number of aliphatic hydroxyl groups excluding tert-OH is 1. The molecule has 0 aliphatic rings. The van der Waals surface area contributed by atoms with Crippen LogP contribution in [0, 0.1) is 0 Å². The fourth-order valence-electron chi connectivity index (χ4n) is 3.66. The quantitative estimate of drug-likeness (QED) is 0.521. The average molecular weight is 373 g/mol. The molecule has 0 aliphatic heterocycles. The molecule has 0 saturated carbocycles. The molecule has 0 fully saturated rings. The normalized spacial score (nSPS) is 11.2. The second-order valence-corrected chi connectivity index (χ2v) is 6.82. The summed E-state index contributed by atoms with van der Waals surface area (Å²) in [6, 6.07) is 20.6. The SMILES string of the molecule is O=C(NCCO)c1cc2c3ccccc3n(CCCc3ccccc3)c2cn1. The highest BCUT2D eigenvalue weighted by Crippen LogP contribution is 2.29. The number of hydrogen-bond donors (Lipinski definition) is 2. The maximum atomic E-state index is 12.2. The minimum atomic E-state index is -0.267. The maximum absolute atomic E-state index is 12.2. The smallest absolute Gasteiger partial charge is 0.269 e. The summed E-state index contributed by atoms with van der Waals surface area (Å²) in [5.74, 6) is -0.267. The number of aromatic nitrogens is 2. The number of nitrogens with one attached hydrogen (secondary N) is 1. The second kappa shape index (κ2) is 8.23. The molecule has 5 nitrogen and oxygen atoms in total. The van der Waals surface area contributed by atoms with Crippen LogP contribution in [0.3, 0.4) is 0 Å². The first-order valence-electron chi connectivity index (χ1n) is 9.58. The fraction of sp³-hybridized carbons (Fsp3) is 0.217. The van der Waals surface area contributed by atoms with Crippen molar-refractivity contribution in [1.29, 1.82) is 0 Å². The topological polar surface area (TPSA) is 67.2 Å². The van der Waals surface area contributed by atoms with Gasteiger partial charge in [0.1, 0.15) is 5.69 Å². The third-order valence-electron chi connectivity index (χ3n) is 4.98. The van der Waals surface area contributed by atoms with Gasteiger partial charge in [-0.3, -0.25) is 4.79 Å². The number of rotatable bonds is 7. The zero-order valence-corrected chi connectivity index (χ0v) is 15.6. The standard InChI is InChI=1S/C23H23N3O2/c27-14-12-24-23(28)20-15-19-18-10-4-5-11-21(18)26(22(19)16-25-20)13-6-9-17-7-2-1-3-8-17/h1-5,7-8,10-11,15-16,27H,6,9,12-14H2,(H,24,28). The first-order chi connectivity index (χ1) is 13.8. The minimum absolute atomic E-state index is 0.0886. The van der Waals surface area contributed by atoms with Crippen LogP contribution in [0.2, 0.25) is 0 Å². The summed E-state index contributed by atoms with van der Waals surface area (Å²) in [7, 11) is 0. The number of carbonyl (C=O) groups excluding carboxylic acids is 1. The van der Waals surface area contributed by atoms with E-state index < -0.39 is 0 Å². The molecular weight excluding hydrogens is 350 g/mol. The molecule has 0 unspecified atom stereocenters. The average Bonchev–Trinajstić information content (AvgIpc) is 3.06. The van der Waals surface area contributed by atoms with E-state index in [1.54, 1.807) is 6.20 Å². The number of amides is 1. The lowest BCUT2D eigenvalue weighted by Gasteiger charge is -2.08. The molecule has 1 amide bonds. The van der Waals surface area contributed by atoms with E-state index in [0.717, 1.165) is 41.2 Å². The van der Waals surface area contributed by atoms with E-state index in [-0.39, 0.29) is 19.1 Å². The lowest BCUT2D eigenvalue weighted by atomic mass is 10.1. The van der Waals surface area contributed by atoms with E-state index >= 15 is 0 Å². The van der Waals surface area contributed by atoms with Gasteiger partial charge in [0, 0.05) is 29.4 Å². The van der Waals surface area contributed by atoms with Crippen molar-refractivity contribution in [2.75, 3.05) is 13.2 Å². The zero-order chi connectivity index (χ0) is 19.3. The van der Waals surface area contributed by atoms with E-state index in [4.69, 9.17) is 5.11 Å². The summed E-state index contributed by atoms with van der Waals surface area (Å²) >= 11 is 0. The number of fused-ring (bicyclic) bond motifs is 3. The first kappa shape index (κ1) is 18.2. The third kappa shape index (κ3) is 3.62. The van der Waals surface area contributed by atoms with Crippen molar-refractivity contribution in [1.82, 2.24) is 14.9 Å². The van der Waals surface area contributed by atoms with Crippen molar-refractivity contribution in [3.05, 3.63) is 78.1 Å². The molecule has 0 bridgehead atoms. The van der Waals surface area contributed by atoms with Crippen LogP contribution in [0.15, 0.2) is 66.9 Å². The van der Waals surface area contributed by atoms with Gasteiger partial charge in [0.2, 0.25) is 0 Å². The maximum Gasteiger partial charge on any atom is 0.269 e. The Morgan fingerprint density at radius 3 is 2.61 bits per heavy atom. The number of nitrogens with zero attached hydrogens (tertiary/aromatic N) is 2. The van der Waals surface area contributed by atoms with Crippen molar-refractivity contribution in [2.24, 2.45) is 0 Å². The van der Waals surface area contributed by atoms with Gasteiger partial charge < -0.3 is 15.0 Å². The number of aryl methyl sites for hydroxylation is 2. The first-order valence-corrected chi connectivity index (χ1v) is 9.58. The van der Waals surface area contributed by atoms with Gasteiger partial charge >= 0.3 is 0 Å². The number of pyridine rings is 1. The number of para-hydroxylation sites is 1. The van der Waals surface area contributed by atoms with Crippen molar-refractivity contribution in [3.63, 3.8) is 0 Å². The highest BCUT2D eigenvalue weighted by atomic mass is 16.3. The molecule has 0 radical (unpaired) electrons. The predicted octanol–water partition coefficient (Wildman–Crippen LogP) is 3.54. The van der Waals surface area contributed by atoms with Crippen LogP contribution in [0.5, 0.6) is 0 Å². The minimum Gasteiger partial charge on any atom is -0.395 e. The van der Waals surface area contributed by atoms with E-state index in [1.807, 2.05) is 24.3 Å². The Balaban J connectivity index is 1.66. The van der Waals surface area contributed by atoms with E-state index in [0.29, 0.717) is 5.69 Å². The molecule has 2 aromatic heterocycles. The van der Waals surface area contributed by atoms with Crippen LogP contribution < -0.4 is 5.32 Å². The van der Waals surface area contributed by atoms with Gasteiger partial charge in [-0.05, 0) is 30.5 Å². The molecule has 142 valence electrons. The highest BCUT2D eigenvalue weighted by Gasteiger charge is 2.14. The summed E-state index contributed by atoms with van der Waals surface area (Å²) < 4.78 is 2.29. The van der Waals surface area contributed by atoms with Gasteiger partial charge in [-0.25, -0.2) is 4.98 Å². The van der Waals surface area contributed by atoms with Crippen LogP contribution in [-0.2, 0) is 13.0 Å². The largest absolute Gasteiger partial charge is 0.395 e. The zero-order valence-electron chi connectivity index (χ0n) is 15.6. The van der Waals surface area contributed by atoms with Gasteiger partial charge in [-0.15, -0.1) is 0 Å². The van der Waals surface area contributed by atoms with Gasteiger partial charge in [-0.2, -0.15) is 0 Å². The third-order valence-corrected chi connectivity index (χ3v) is 4.98.